The Morgan fingerprint density at radius 2 is 2.00 bits per heavy atom. The summed E-state index contributed by atoms with van der Waals surface area (Å²) >= 11 is 0. The molecule has 0 atom stereocenters. The zero-order valence-corrected chi connectivity index (χ0v) is 9.01. The summed E-state index contributed by atoms with van der Waals surface area (Å²) in [6.45, 7) is 0. The molecule has 1 fully saturated rings. The van der Waals surface area contributed by atoms with Gasteiger partial charge < -0.3 is 5.32 Å². The number of anilines is 1. The predicted octanol–water partition coefficient (Wildman–Crippen LogP) is 3.54. The molecule has 0 spiro atoms. The number of hydrogen-bond donors (Lipinski definition) is 1. The van der Waals surface area contributed by atoms with E-state index in [0.717, 1.165) is 31.4 Å². The minimum absolute atomic E-state index is 0.0479. The van der Waals surface area contributed by atoms with Crippen LogP contribution in [0.25, 0.3) is 0 Å². The van der Waals surface area contributed by atoms with Crippen LogP contribution in [0.15, 0.2) is 18.2 Å². The molecule has 0 heterocycles. The molecule has 2 rings (SSSR count). The molecule has 1 N–H and O–H groups in total. The molecule has 0 bridgehead atoms. The van der Waals surface area contributed by atoms with E-state index in [-0.39, 0.29) is 5.56 Å². The Labute approximate surface area is 97.1 Å². The van der Waals surface area contributed by atoms with Gasteiger partial charge in [-0.15, -0.1) is 0 Å². The second-order valence-corrected chi connectivity index (χ2v) is 4.14. The Bertz CT molecular complexity index is 456. The lowest BCUT2D eigenvalue weighted by Crippen LogP contribution is -2.27. The Morgan fingerprint density at radius 1 is 1.29 bits per heavy atom. The largest absolute Gasteiger partial charge is 0.416 e. The SMILES string of the molecule is N#Cc1cc(C(F)(F)F)ccc1NC1CCC1. The van der Waals surface area contributed by atoms with Crippen molar-refractivity contribution in [2.24, 2.45) is 0 Å². The van der Waals surface area contributed by atoms with Crippen LogP contribution in [0.4, 0.5) is 18.9 Å². The van der Waals surface area contributed by atoms with E-state index in [4.69, 9.17) is 5.26 Å². The Balaban J connectivity index is 2.25. The minimum Gasteiger partial charge on any atom is -0.381 e. The predicted molar refractivity (Wildman–Crippen MR) is 57.4 cm³/mol. The van der Waals surface area contributed by atoms with Crippen molar-refractivity contribution < 1.29 is 13.2 Å². The summed E-state index contributed by atoms with van der Waals surface area (Å²) in [6, 6.07) is 5.31. The topological polar surface area (TPSA) is 35.8 Å². The van der Waals surface area contributed by atoms with E-state index >= 15 is 0 Å². The molecule has 0 saturated heterocycles. The van der Waals surface area contributed by atoms with Gasteiger partial charge in [-0.05, 0) is 37.5 Å². The van der Waals surface area contributed by atoms with Gasteiger partial charge in [0.2, 0.25) is 0 Å². The molecule has 90 valence electrons. The Morgan fingerprint density at radius 3 is 2.47 bits per heavy atom. The summed E-state index contributed by atoms with van der Waals surface area (Å²) in [6.07, 6.45) is -1.27. The average Bonchev–Trinajstić information content (AvgIpc) is 2.22. The van der Waals surface area contributed by atoms with Crippen LogP contribution in [-0.2, 0) is 6.18 Å². The first kappa shape index (κ1) is 11.8. The van der Waals surface area contributed by atoms with Crippen molar-refractivity contribution >= 4 is 5.69 Å². The standard InChI is InChI=1S/C12H11F3N2/c13-12(14,15)9-4-5-11(8(6-9)7-16)17-10-2-1-3-10/h4-6,10,17H,1-3H2. The number of nitrogens with zero attached hydrogens (tertiary/aromatic N) is 1. The molecule has 17 heavy (non-hydrogen) atoms. The molecule has 0 amide bonds. The molecule has 1 aromatic carbocycles. The lowest BCUT2D eigenvalue weighted by molar-refractivity contribution is -0.137. The molecule has 1 aromatic rings. The highest BCUT2D eigenvalue weighted by Gasteiger charge is 2.31. The summed E-state index contributed by atoms with van der Waals surface area (Å²) in [5.41, 5.74) is -0.245. The monoisotopic (exact) mass is 240 g/mol. The fourth-order valence-corrected chi connectivity index (χ4v) is 1.71. The van der Waals surface area contributed by atoms with Crippen LogP contribution < -0.4 is 5.32 Å². The van der Waals surface area contributed by atoms with Gasteiger partial charge in [0, 0.05) is 6.04 Å². The zero-order chi connectivity index (χ0) is 12.5. The summed E-state index contributed by atoms with van der Waals surface area (Å²) in [4.78, 5) is 0. The number of halogens is 3. The summed E-state index contributed by atoms with van der Waals surface area (Å²) in [5.74, 6) is 0. The third-order valence-electron chi connectivity index (χ3n) is 2.93. The van der Waals surface area contributed by atoms with Crippen LogP contribution in [0.5, 0.6) is 0 Å². The van der Waals surface area contributed by atoms with Gasteiger partial charge in [0.05, 0.1) is 16.8 Å². The quantitative estimate of drug-likeness (QED) is 0.858. The molecule has 0 aliphatic heterocycles. The van der Waals surface area contributed by atoms with Crippen molar-refractivity contribution in [1.29, 1.82) is 5.26 Å². The van der Waals surface area contributed by atoms with Crippen molar-refractivity contribution in [3.8, 4) is 6.07 Å². The van der Waals surface area contributed by atoms with E-state index in [2.05, 4.69) is 5.32 Å². The minimum atomic E-state index is -4.40. The molecule has 5 heteroatoms. The zero-order valence-electron chi connectivity index (χ0n) is 9.01. The molecule has 1 aliphatic rings. The van der Waals surface area contributed by atoms with E-state index in [9.17, 15) is 13.2 Å². The van der Waals surface area contributed by atoms with Gasteiger partial charge in [-0.25, -0.2) is 0 Å². The maximum Gasteiger partial charge on any atom is 0.416 e. The van der Waals surface area contributed by atoms with E-state index in [1.807, 2.05) is 0 Å². The smallest absolute Gasteiger partial charge is 0.381 e. The van der Waals surface area contributed by atoms with Gasteiger partial charge in [-0.3, -0.25) is 0 Å². The van der Waals surface area contributed by atoms with E-state index in [0.29, 0.717) is 11.7 Å². The fraction of sp³-hybridized carbons (Fsp3) is 0.417. The summed E-state index contributed by atoms with van der Waals surface area (Å²) < 4.78 is 37.3. The number of benzene rings is 1. The first-order chi connectivity index (χ1) is 8.00. The molecular weight excluding hydrogens is 229 g/mol. The lowest BCUT2D eigenvalue weighted by Gasteiger charge is -2.28. The van der Waals surface area contributed by atoms with Crippen molar-refractivity contribution in [3.05, 3.63) is 29.3 Å². The van der Waals surface area contributed by atoms with Gasteiger partial charge in [0.1, 0.15) is 6.07 Å². The van der Waals surface area contributed by atoms with Crippen LogP contribution in [0, 0.1) is 11.3 Å². The van der Waals surface area contributed by atoms with Crippen LogP contribution in [0.2, 0.25) is 0 Å². The van der Waals surface area contributed by atoms with Gasteiger partial charge in [0.15, 0.2) is 0 Å². The molecular formula is C12H11F3N2. The number of rotatable bonds is 2. The average molecular weight is 240 g/mol. The molecule has 1 aliphatic carbocycles. The van der Waals surface area contributed by atoms with Crippen molar-refractivity contribution in [3.63, 3.8) is 0 Å². The molecule has 0 aromatic heterocycles. The first-order valence-electron chi connectivity index (χ1n) is 5.38. The molecule has 1 saturated carbocycles. The fourth-order valence-electron chi connectivity index (χ4n) is 1.71. The van der Waals surface area contributed by atoms with Gasteiger partial charge in [0.25, 0.3) is 0 Å². The lowest BCUT2D eigenvalue weighted by atomic mass is 9.92. The van der Waals surface area contributed by atoms with E-state index in [1.165, 1.54) is 6.07 Å². The highest BCUT2D eigenvalue weighted by Crippen LogP contribution is 2.32. The second-order valence-electron chi connectivity index (χ2n) is 4.14. The van der Waals surface area contributed by atoms with E-state index < -0.39 is 11.7 Å². The van der Waals surface area contributed by atoms with Crippen LogP contribution in [0.1, 0.15) is 30.4 Å². The molecule has 0 unspecified atom stereocenters. The van der Waals surface area contributed by atoms with Crippen molar-refractivity contribution in [1.82, 2.24) is 0 Å². The molecule has 0 radical (unpaired) electrons. The number of nitriles is 1. The highest BCUT2D eigenvalue weighted by atomic mass is 19.4. The summed E-state index contributed by atoms with van der Waals surface area (Å²) in [5, 5.41) is 11.9. The third-order valence-corrected chi connectivity index (χ3v) is 2.93. The number of hydrogen-bond acceptors (Lipinski definition) is 2. The Kier molecular flexibility index (Phi) is 2.97. The second kappa shape index (κ2) is 4.28. The van der Waals surface area contributed by atoms with Crippen molar-refractivity contribution in [2.45, 2.75) is 31.5 Å². The normalized spacial score (nSPS) is 16.1. The van der Waals surface area contributed by atoms with E-state index in [1.54, 1.807) is 6.07 Å². The molecule has 2 nitrogen and oxygen atoms in total. The van der Waals surface area contributed by atoms with Crippen LogP contribution >= 0.6 is 0 Å². The van der Waals surface area contributed by atoms with Crippen LogP contribution in [-0.4, -0.2) is 6.04 Å². The van der Waals surface area contributed by atoms with Gasteiger partial charge in [-0.1, -0.05) is 0 Å². The third kappa shape index (κ3) is 2.52. The number of nitrogens with one attached hydrogen (secondary N) is 1. The maximum atomic E-state index is 12.4. The first-order valence-corrected chi connectivity index (χ1v) is 5.38. The van der Waals surface area contributed by atoms with Gasteiger partial charge in [-0.2, -0.15) is 18.4 Å². The highest BCUT2D eigenvalue weighted by molar-refractivity contribution is 5.59. The van der Waals surface area contributed by atoms with Crippen molar-refractivity contribution in [2.75, 3.05) is 5.32 Å². The van der Waals surface area contributed by atoms with Gasteiger partial charge >= 0.3 is 6.18 Å². The maximum absolute atomic E-state index is 12.4. The van der Waals surface area contributed by atoms with Crippen LogP contribution in [0.3, 0.4) is 0 Å². The number of alkyl halides is 3. The Hall–Kier alpha value is -1.70. The summed E-state index contributed by atoms with van der Waals surface area (Å²) in [7, 11) is 0.